The lowest BCUT2D eigenvalue weighted by Crippen LogP contribution is -2.12. The normalized spacial score (nSPS) is 10.2. The predicted octanol–water partition coefficient (Wildman–Crippen LogP) is 3.19. The van der Waals surface area contributed by atoms with Crippen molar-refractivity contribution in [3.8, 4) is 0 Å². The average Bonchev–Trinajstić information content (AvgIpc) is 2.84. The molecule has 19 heavy (non-hydrogen) atoms. The van der Waals surface area contributed by atoms with E-state index < -0.39 is 11.9 Å². The van der Waals surface area contributed by atoms with Gasteiger partial charge >= 0.3 is 5.97 Å². The van der Waals surface area contributed by atoms with E-state index in [0.29, 0.717) is 10.7 Å². The van der Waals surface area contributed by atoms with Crippen molar-refractivity contribution in [3.63, 3.8) is 0 Å². The molecule has 6 heteroatoms. The van der Waals surface area contributed by atoms with E-state index in [0.717, 1.165) is 5.56 Å². The number of carboxylic acids is 1. The summed E-state index contributed by atoms with van der Waals surface area (Å²) in [4.78, 5) is 22.5. The monoisotopic (exact) mass is 279 g/mol. The first kappa shape index (κ1) is 13.2. The number of hydrogen-bond donors (Lipinski definition) is 2. The zero-order valence-electron chi connectivity index (χ0n) is 9.94. The van der Waals surface area contributed by atoms with Crippen LogP contribution in [0.3, 0.4) is 0 Å². The van der Waals surface area contributed by atoms with E-state index in [-0.39, 0.29) is 11.5 Å². The van der Waals surface area contributed by atoms with E-state index >= 15 is 0 Å². The minimum Gasteiger partial charge on any atom is -0.475 e. The van der Waals surface area contributed by atoms with E-state index in [4.69, 9.17) is 21.1 Å². The number of amides is 1. The molecule has 5 nitrogen and oxygen atoms in total. The Balaban J connectivity index is 2.21. The smallest absolute Gasteiger partial charge is 0.371 e. The molecule has 0 saturated carbocycles. The van der Waals surface area contributed by atoms with Crippen LogP contribution in [-0.4, -0.2) is 17.0 Å². The number of carbonyl (C=O) groups is 2. The van der Waals surface area contributed by atoms with E-state index in [2.05, 4.69) is 5.32 Å². The highest BCUT2D eigenvalue weighted by atomic mass is 35.5. The number of rotatable bonds is 3. The molecule has 1 amide bonds. The Bertz CT molecular complexity index is 648. The van der Waals surface area contributed by atoms with Crippen LogP contribution in [0, 0.1) is 6.92 Å². The zero-order valence-corrected chi connectivity index (χ0v) is 10.7. The second-order valence-electron chi connectivity index (χ2n) is 3.84. The van der Waals surface area contributed by atoms with Crippen LogP contribution in [0.25, 0.3) is 0 Å². The van der Waals surface area contributed by atoms with Gasteiger partial charge in [-0.2, -0.15) is 0 Å². The maximum Gasteiger partial charge on any atom is 0.371 e. The van der Waals surface area contributed by atoms with Crippen LogP contribution in [0.1, 0.15) is 26.7 Å². The van der Waals surface area contributed by atoms with Gasteiger partial charge in [0.25, 0.3) is 5.91 Å². The molecule has 0 aliphatic heterocycles. The summed E-state index contributed by atoms with van der Waals surface area (Å²) in [5.74, 6) is -2.11. The van der Waals surface area contributed by atoms with Crippen LogP contribution in [0.5, 0.6) is 0 Å². The van der Waals surface area contributed by atoms with Gasteiger partial charge in [-0.1, -0.05) is 17.7 Å². The first-order valence-electron chi connectivity index (χ1n) is 5.38. The molecule has 2 rings (SSSR count). The molecule has 98 valence electrons. The Labute approximate surface area is 113 Å². The van der Waals surface area contributed by atoms with Gasteiger partial charge in [-0.3, -0.25) is 4.79 Å². The fourth-order valence-electron chi connectivity index (χ4n) is 1.50. The lowest BCUT2D eigenvalue weighted by Gasteiger charge is -2.07. The van der Waals surface area contributed by atoms with Crippen LogP contribution in [0.2, 0.25) is 5.02 Å². The largest absolute Gasteiger partial charge is 0.475 e. The van der Waals surface area contributed by atoms with Gasteiger partial charge in [0.2, 0.25) is 5.76 Å². The lowest BCUT2D eigenvalue weighted by molar-refractivity contribution is 0.0660. The third kappa shape index (κ3) is 2.77. The topological polar surface area (TPSA) is 79.5 Å². The van der Waals surface area contributed by atoms with E-state index in [1.165, 1.54) is 12.1 Å². The van der Waals surface area contributed by atoms with Gasteiger partial charge < -0.3 is 14.8 Å². The maximum atomic E-state index is 11.9. The summed E-state index contributed by atoms with van der Waals surface area (Å²) in [6, 6.07) is 7.64. The SMILES string of the molecule is Cc1c(Cl)cccc1NC(=O)c1ccc(C(=O)O)o1. The standard InChI is InChI=1S/C13H10ClNO4/c1-7-8(14)3-2-4-9(7)15-12(16)10-5-6-11(19-10)13(17)18/h2-6H,1H3,(H,15,16)(H,17,18). The number of carbonyl (C=O) groups excluding carboxylic acids is 1. The molecule has 0 atom stereocenters. The minimum atomic E-state index is -1.22. The average molecular weight is 280 g/mol. The molecule has 2 aromatic rings. The van der Waals surface area contributed by atoms with Crippen LogP contribution in [0.15, 0.2) is 34.7 Å². The Hall–Kier alpha value is -2.27. The third-order valence-corrected chi connectivity index (χ3v) is 2.97. The van der Waals surface area contributed by atoms with Gasteiger partial charge in [0, 0.05) is 10.7 Å². The van der Waals surface area contributed by atoms with Crippen molar-refractivity contribution in [1.29, 1.82) is 0 Å². The van der Waals surface area contributed by atoms with Crippen LogP contribution in [-0.2, 0) is 0 Å². The van der Waals surface area contributed by atoms with Crippen molar-refractivity contribution >= 4 is 29.2 Å². The molecular weight excluding hydrogens is 270 g/mol. The summed E-state index contributed by atoms with van der Waals surface area (Å²) >= 11 is 5.94. The number of carboxylic acid groups (broad SMARTS) is 1. The predicted molar refractivity (Wildman–Crippen MR) is 69.8 cm³/mol. The van der Waals surface area contributed by atoms with Crippen molar-refractivity contribution in [2.75, 3.05) is 5.32 Å². The molecule has 1 heterocycles. The highest BCUT2D eigenvalue weighted by Crippen LogP contribution is 2.23. The zero-order chi connectivity index (χ0) is 14.0. The van der Waals surface area contributed by atoms with Gasteiger partial charge in [0.1, 0.15) is 0 Å². The fourth-order valence-corrected chi connectivity index (χ4v) is 1.68. The molecule has 0 fully saturated rings. The van der Waals surface area contributed by atoms with Crippen molar-refractivity contribution in [1.82, 2.24) is 0 Å². The molecule has 0 aliphatic rings. The Morgan fingerprint density at radius 1 is 1.21 bits per heavy atom. The third-order valence-electron chi connectivity index (χ3n) is 2.56. The first-order chi connectivity index (χ1) is 8.99. The molecule has 1 aromatic heterocycles. The number of benzene rings is 1. The van der Waals surface area contributed by atoms with Gasteiger partial charge in [-0.05, 0) is 36.8 Å². The minimum absolute atomic E-state index is 0.0724. The highest BCUT2D eigenvalue weighted by molar-refractivity contribution is 6.31. The highest BCUT2D eigenvalue weighted by Gasteiger charge is 2.15. The van der Waals surface area contributed by atoms with Gasteiger partial charge in [0.05, 0.1) is 0 Å². The summed E-state index contributed by atoms with van der Waals surface area (Å²) < 4.78 is 4.90. The summed E-state index contributed by atoms with van der Waals surface area (Å²) in [5.41, 5.74) is 1.27. The molecule has 2 N–H and O–H groups in total. The van der Waals surface area contributed by atoms with E-state index in [1.807, 2.05) is 0 Å². The molecule has 0 spiro atoms. The Kier molecular flexibility index (Phi) is 3.57. The maximum absolute atomic E-state index is 11.9. The molecule has 0 aliphatic carbocycles. The fraction of sp³-hybridized carbons (Fsp3) is 0.0769. The summed E-state index contributed by atoms with van der Waals surface area (Å²) in [6.07, 6.45) is 0. The quantitative estimate of drug-likeness (QED) is 0.904. The number of halogens is 1. The summed E-state index contributed by atoms with van der Waals surface area (Å²) in [5, 5.41) is 11.8. The van der Waals surface area contributed by atoms with Crippen molar-refractivity contribution in [2.45, 2.75) is 6.92 Å². The number of furan rings is 1. The molecule has 0 radical (unpaired) electrons. The van der Waals surface area contributed by atoms with Crippen LogP contribution in [0.4, 0.5) is 5.69 Å². The van der Waals surface area contributed by atoms with E-state index in [9.17, 15) is 9.59 Å². The molecular formula is C13H10ClNO4. The van der Waals surface area contributed by atoms with Crippen LogP contribution < -0.4 is 5.32 Å². The Morgan fingerprint density at radius 2 is 1.89 bits per heavy atom. The second-order valence-corrected chi connectivity index (χ2v) is 4.24. The second kappa shape index (κ2) is 5.16. The molecule has 1 aromatic carbocycles. The lowest BCUT2D eigenvalue weighted by atomic mass is 10.2. The molecule has 0 unspecified atom stereocenters. The number of anilines is 1. The van der Waals surface area contributed by atoms with Gasteiger partial charge in [0.15, 0.2) is 5.76 Å². The van der Waals surface area contributed by atoms with Gasteiger partial charge in [-0.15, -0.1) is 0 Å². The van der Waals surface area contributed by atoms with Gasteiger partial charge in [-0.25, -0.2) is 4.79 Å². The Morgan fingerprint density at radius 3 is 2.53 bits per heavy atom. The van der Waals surface area contributed by atoms with Crippen molar-refractivity contribution < 1.29 is 19.1 Å². The summed E-state index contributed by atoms with van der Waals surface area (Å²) in [7, 11) is 0. The number of hydrogen-bond acceptors (Lipinski definition) is 3. The number of nitrogens with one attached hydrogen (secondary N) is 1. The first-order valence-corrected chi connectivity index (χ1v) is 5.76. The van der Waals surface area contributed by atoms with E-state index in [1.54, 1.807) is 25.1 Å². The van der Waals surface area contributed by atoms with Crippen LogP contribution >= 0.6 is 11.6 Å². The molecule has 0 bridgehead atoms. The summed E-state index contributed by atoms with van der Waals surface area (Å²) in [6.45, 7) is 1.77. The number of aromatic carboxylic acids is 1. The van der Waals surface area contributed by atoms with Crippen molar-refractivity contribution in [3.05, 3.63) is 52.4 Å². The van der Waals surface area contributed by atoms with Crippen molar-refractivity contribution in [2.24, 2.45) is 0 Å². The molecule has 0 saturated heterocycles.